The van der Waals surface area contributed by atoms with Crippen molar-refractivity contribution in [2.75, 3.05) is 11.9 Å². The topological polar surface area (TPSA) is 97.4 Å². The third kappa shape index (κ3) is 3.17. The summed E-state index contributed by atoms with van der Waals surface area (Å²) in [6, 6.07) is 9.40. The van der Waals surface area contributed by atoms with E-state index in [9.17, 15) is 15.3 Å². The zero-order valence-corrected chi connectivity index (χ0v) is 10.9. The molecule has 6 nitrogen and oxygen atoms in total. The Bertz CT molecular complexity index is 601. The van der Waals surface area contributed by atoms with Gasteiger partial charge in [0.15, 0.2) is 17.2 Å². The van der Waals surface area contributed by atoms with E-state index in [0.29, 0.717) is 5.69 Å². The van der Waals surface area contributed by atoms with Crippen LogP contribution < -0.4 is 5.32 Å². The molecule has 2 aromatic carbocycles. The average Bonchev–Trinajstić information content (AvgIpc) is 2.39. The molecule has 0 aliphatic rings. The number of rotatable bonds is 4. The molecule has 20 heavy (non-hydrogen) atoms. The SMILES string of the molecule is CCNc1ccc(N=Nc2c(O)cc(O)cc2O)cc1. The van der Waals surface area contributed by atoms with Crippen molar-refractivity contribution in [2.24, 2.45) is 10.2 Å². The molecule has 2 rings (SSSR count). The minimum atomic E-state index is -0.337. The molecule has 0 saturated carbocycles. The van der Waals surface area contributed by atoms with E-state index in [1.165, 1.54) is 0 Å². The van der Waals surface area contributed by atoms with E-state index < -0.39 is 0 Å². The van der Waals surface area contributed by atoms with Gasteiger partial charge in [0.05, 0.1) is 5.69 Å². The van der Waals surface area contributed by atoms with E-state index in [0.717, 1.165) is 24.4 Å². The first-order valence-electron chi connectivity index (χ1n) is 6.10. The molecule has 0 aliphatic heterocycles. The highest BCUT2D eigenvalue weighted by Crippen LogP contribution is 2.40. The predicted molar refractivity (Wildman–Crippen MR) is 76.2 cm³/mol. The molecule has 6 heteroatoms. The van der Waals surface area contributed by atoms with Gasteiger partial charge in [0.2, 0.25) is 0 Å². The Hall–Kier alpha value is -2.76. The number of nitrogens with one attached hydrogen (secondary N) is 1. The van der Waals surface area contributed by atoms with Crippen molar-refractivity contribution in [2.45, 2.75) is 6.92 Å². The van der Waals surface area contributed by atoms with Crippen LogP contribution >= 0.6 is 0 Å². The maximum atomic E-state index is 9.58. The van der Waals surface area contributed by atoms with Crippen LogP contribution in [0.25, 0.3) is 0 Å². The lowest BCUT2D eigenvalue weighted by atomic mass is 10.2. The smallest absolute Gasteiger partial charge is 0.169 e. The van der Waals surface area contributed by atoms with Crippen LogP contribution in [0.3, 0.4) is 0 Å². The monoisotopic (exact) mass is 273 g/mol. The summed E-state index contributed by atoms with van der Waals surface area (Å²) in [6.45, 7) is 2.83. The highest BCUT2D eigenvalue weighted by atomic mass is 16.3. The normalized spacial score (nSPS) is 10.8. The Morgan fingerprint density at radius 2 is 1.55 bits per heavy atom. The van der Waals surface area contributed by atoms with Crippen LogP contribution in [0, 0.1) is 0 Å². The molecule has 0 saturated heterocycles. The Labute approximate surface area is 116 Å². The number of phenols is 3. The fraction of sp³-hybridized carbons (Fsp3) is 0.143. The lowest BCUT2D eigenvalue weighted by Crippen LogP contribution is -1.94. The van der Waals surface area contributed by atoms with Crippen LogP contribution in [-0.2, 0) is 0 Å². The molecule has 4 N–H and O–H groups in total. The highest BCUT2D eigenvalue weighted by molar-refractivity contribution is 5.63. The minimum Gasteiger partial charge on any atom is -0.508 e. The van der Waals surface area contributed by atoms with Crippen molar-refractivity contribution in [3.63, 3.8) is 0 Å². The first-order chi connectivity index (χ1) is 9.60. The Morgan fingerprint density at radius 1 is 0.950 bits per heavy atom. The van der Waals surface area contributed by atoms with Gasteiger partial charge >= 0.3 is 0 Å². The Morgan fingerprint density at radius 3 is 2.10 bits per heavy atom. The third-order valence-electron chi connectivity index (χ3n) is 2.57. The minimum absolute atomic E-state index is 0.0847. The van der Waals surface area contributed by atoms with Gasteiger partial charge in [0.1, 0.15) is 5.75 Å². The molecule has 0 radical (unpaired) electrons. The molecule has 2 aromatic rings. The van der Waals surface area contributed by atoms with Crippen LogP contribution in [0.4, 0.5) is 17.1 Å². The van der Waals surface area contributed by atoms with Gasteiger partial charge in [-0.1, -0.05) is 0 Å². The van der Waals surface area contributed by atoms with Crippen LogP contribution in [0.15, 0.2) is 46.6 Å². The summed E-state index contributed by atoms with van der Waals surface area (Å²) in [4.78, 5) is 0. The summed E-state index contributed by atoms with van der Waals surface area (Å²) in [6.07, 6.45) is 0. The summed E-state index contributed by atoms with van der Waals surface area (Å²) < 4.78 is 0. The van der Waals surface area contributed by atoms with E-state index in [1.807, 2.05) is 19.1 Å². The second-order valence-electron chi connectivity index (χ2n) is 4.11. The fourth-order valence-corrected chi connectivity index (χ4v) is 1.65. The molecule has 0 heterocycles. The summed E-state index contributed by atoms with van der Waals surface area (Å²) in [5.41, 5.74) is 1.47. The van der Waals surface area contributed by atoms with Gasteiger partial charge in [-0.25, -0.2) is 0 Å². The van der Waals surface area contributed by atoms with Crippen LogP contribution in [0.1, 0.15) is 6.92 Å². The van der Waals surface area contributed by atoms with Crippen LogP contribution in [-0.4, -0.2) is 21.9 Å². The number of nitrogens with zero attached hydrogens (tertiary/aromatic N) is 2. The summed E-state index contributed by atoms with van der Waals surface area (Å²) >= 11 is 0. The van der Waals surface area contributed by atoms with E-state index in [4.69, 9.17) is 0 Å². The lowest BCUT2D eigenvalue weighted by molar-refractivity contribution is 0.429. The van der Waals surface area contributed by atoms with Crippen molar-refractivity contribution < 1.29 is 15.3 Å². The molecule has 0 bridgehead atoms. The maximum Gasteiger partial charge on any atom is 0.169 e. The molecule has 0 amide bonds. The average molecular weight is 273 g/mol. The first-order valence-corrected chi connectivity index (χ1v) is 6.10. The van der Waals surface area contributed by atoms with Crippen molar-refractivity contribution >= 4 is 17.1 Å². The quantitative estimate of drug-likeness (QED) is 0.639. The molecule has 0 aromatic heterocycles. The van der Waals surface area contributed by atoms with Crippen molar-refractivity contribution in [1.82, 2.24) is 0 Å². The number of hydrogen-bond donors (Lipinski definition) is 4. The van der Waals surface area contributed by atoms with E-state index in [1.54, 1.807) is 12.1 Å². The van der Waals surface area contributed by atoms with E-state index in [2.05, 4.69) is 15.5 Å². The van der Waals surface area contributed by atoms with Gasteiger partial charge in [-0.2, -0.15) is 5.11 Å². The standard InChI is InChI=1S/C14H15N3O3/c1-2-15-9-3-5-10(6-4-9)16-17-14-12(19)7-11(18)8-13(14)20/h3-8,15,18-20H,2H2,1H3. The van der Waals surface area contributed by atoms with Gasteiger partial charge in [0.25, 0.3) is 0 Å². The number of benzene rings is 2. The Kier molecular flexibility index (Phi) is 4.05. The second kappa shape index (κ2) is 5.92. The van der Waals surface area contributed by atoms with Crippen LogP contribution in [0.5, 0.6) is 17.2 Å². The highest BCUT2D eigenvalue weighted by Gasteiger charge is 2.08. The number of hydrogen-bond acceptors (Lipinski definition) is 6. The van der Waals surface area contributed by atoms with Gasteiger partial charge in [-0.05, 0) is 31.2 Å². The predicted octanol–water partition coefficient (Wildman–Crippen LogP) is 3.65. The van der Waals surface area contributed by atoms with Crippen molar-refractivity contribution in [3.8, 4) is 17.2 Å². The number of anilines is 1. The zero-order chi connectivity index (χ0) is 14.5. The maximum absolute atomic E-state index is 9.58. The number of aromatic hydroxyl groups is 3. The van der Waals surface area contributed by atoms with E-state index in [-0.39, 0.29) is 22.9 Å². The van der Waals surface area contributed by atoms with Crippen LogP contribution in [0.2, 0.25) is 0 Å². The summed E-state index contributed by atoms with van der Waals surface area (Å²) in [7, 11) is 0. The molecule has 0 spiro atoms. The number of phenolic OH excluding ortho intramolecular Hbond substituents is 3. The zero-order valence-electron chi connectivity index (χ0n) is 10.9. The molecule has 0 aliphatic carbocycles. The molecular formula is C14H15N3O3. The van der Waals surface area contributed by atoms with E-state index >= 15 is 0 Å². The summed E-state index contributed by atoms with van der Waals surface area (Å²) in [5, 5.41) is 39.2. The largest absolute Gasteiger partial charge is 0.508 e. The molecule has 104 valence electrons. The van der Waals surface area contributed by atoms with Gasteiger partial charge in [-0.3, -0.25) is 0 Å². The molecule has 0 fully saturated rings. The van der Waals surface area contributed by atoms with Gasteiger partial charge in [-0.15, -0.1) is 5.11 Å². The Balaban J connectivity index is 2.21. The molecular weight excluding hydrogens is 258 g/mol. The molecule has 0 unspecified atom stereocenters. The number of azo groups is 1. The summed E-state index contributed by atoms with van der Waals surface area (Å²) in [5.74, 6) is -0.917. The lowest BCUT2D eigenvalue weighted by Gasteiger charge is -2.03. The molecule has 0 atom stereocenters. The second-order valence-corrected chi connectivity index (χ2v) is 4.11. The van der Waals surface area contributed by atoms with Gasteiger partial charge in [0, 0.05) is 24.4 Å². The van der Waals surface area contributed by atoms with Crippen molar-refractivity contribution in [1.29, 1.82) is 0 Å². The van der Waals surface area contributed by atoms with Gasteiger partial charge < -0.3 is 20.6 Å². The fourth-order valence-electron chi connectivity index (χ4n) is 1.65. The first kappa shape index (κ1) is 13.7. The third-order valence-corrected chi connectivity index (χ3v) is 2.57. The van der Waals surface area contributed by atoms with Crippen molar-refractivity contribution in [3.05, 3.63) is 36.4 Å².